The Morgan fingerprint density at radius 1 is 1.29 bits per heavy atom. The first-order chi connectivity index (χ1) is 7.84. The van der Waals surface area contributed by atoms with Crippen LogP contribution in [-0.2, 0) is 4.79 Å². The van der Waals surface area contributed by atoms with E-state index in [0.717, 1.165) is 16.8 Å². The van der Waals surface area contributed by atoms with E-state index in [9.17, 15) is 4.79 Å². The molecule has 1 heterocycles. The van der Waals surface area contributed by atoms with Gasteiger partial charge < -0.3 is 5.32 Å². The maximum atomic E-state index is 12.3. The first-order valence-electron chi connectivity index (χ1n) is 5.57. The molecule has 1 aromatic rings. The summed E-state index contributed by atoms with van der Waals surface area (Å²) in [5.41, 5.74) is 2.50. The summed E-state index contributed by atoms with van der Waals surface area (Å²) < 4.78 is 0. The Morgan fingerprint density at radius 2 is 1.94 bits per heavy atom. The van der Waals surface area contributed by atoms with Crippen LogP contribution in [0, 0.1) is 13.8 Å². The first-order valence-corrected chi connectivity index (χ1v) is 5.98. The normalized spacial score (nSPS) is 18.5. The van der Waals surface area contributed by atoms with Crippen molar-refractivity contribution in [2.24, 2.45) is 0 Å². The smallest absolute Gasteiger partial charge is 0.258 e. The van der Waals surface area contributed by atoms with Gasteiger partial charge in [0.25, 0.3) is 5.91 Å². The number of benzene rings is 1. The molecule has 1 amide bonds. The molecule has 0 saturated carbocycles. The average Bonchev–Trinajstić information content (AvgIpc) is 2.42. The van der Waals surface area contributed by atoms with Crippen molar-refractivity contribution in [1.82, 2.24) is 5.32 Å². The molecular formula is C13H16N2OS. The zero-order valence-corrected chi connectivity index (χ0v) is 11.3. The molecule has 1 aliphatic rings. The summed E-state index contributed by atoms with van der Waals surface area (Å²) >= 11 is 5.25. The Labute approximate surface area is 107 Å². The van der Waals surface area contributed by atoms with Crippen LogP contribution in [0.15, 0.2) is 18.2 Å². The maximum Gasteiger partial charge on any atom is 0.258 e. The molecule has 1 aromatic carbocycles. The standard InChI is InChI=1S/C13H16N2OS/c1-8-6-5-7-10(9(8)2)15-11(16)13(3,4)14-12(15)17/h5-7H,1-4H3,(H,14,17). The monoisotopic (exact) mass is 248 g/mol. The summed E-state index contributed by atoms with van der Waals surface area (Å²) in [7, 11) is 0. The lowest BCUT2D eigenvalue weighted by Crippen LogP contribution is -2.40. The topological polar surface area (TPSA) is 32.3 Å². The number of carbonyl (C=O) groups excluding carboxylic acids is 1. The van der Waals surface area contributed by atoms with Gasteiger partial charge in [-0.2, -0.15) is 0 Å². The van der Waals surface area contributed by atoms with Crippen molar-refractivity contribution in [1.29, 1.82) is 0 Å². The number of amides is 1. The number of thiocarbonyl (C=S) groups is 1. The minimum atomic E-state index is -0.618. The van der Waals surface area contributed by atoms with E-state index in [0.29, 0.717) is 5.11 Å². The highest BCUT2D eigenvalue weighted by Gasteiger charge is 2.43. The van der Waals surface area contributed by atoms with Gasteiger partial charge in [-0.1, -0.05) is 12.1 Å². The number of anilines is 1. The number of nitrogens with one attached hydrogen (secondary N) is 1. The van der Waals surface area contributed by atoms with E-state index in [1.54, 1.807) is 4.90 Å². The lowest BCUT2D eigenvalue weighted by molar-refractivity contribution is -0.120. The molecule has 0 aliphatic carbocycles. The molecule has 1 N–H and O–H groups in total. The van der Waals surface area contributed by atoms with Crippen LogP contribution in [0.25, 0.3) is 0 Å². The molecule has 4 heteroatoms. The Bertz CT molecular complexity index is 508. The van der Waals surface area contributed by atoms with Crippen LogP contribution in [0.3, 0.4) is 0 Å². The van der Waals surface area contributed by atoms with Crippen LogP contribution in [0.5, 0.6) is 0 Å². The van der Waals surface area contributed by atoms with Gasteiger partial charge >= 0.3 is 0 Å². The summed E-state index contributed by atoms with van der Waals surface area (Å²) in [5, 5.41) is 3.53. The van der Waals surface area contributed by atoms with Gasteiger partial charge in [0.05, 0.1) is 5.69 Å². The van der Waals surface area contributed by atoms with Gasteiger partial charge in [0.15, 0.2) is 5.11 Å². The van der Waals surface area contributed by atoms with Gasteiger partial charge in [-0.3, -0.25) is 9.69 Å². The van der Waals surface area contributed by atoms with Gasteiger partial charge in [-0.25, -0.2) is 0 Å². The molecule has 3 nitrogen and oxygen atoms in total. The molecule has 90 valence electrons. The van der Waals surface area contributed by atoms with Crippen molar-refractivity contribution in [3.63, 3.8) is 0 Å². The number of hydrogen-bond donors (Lipinski definition) is 1. The molecule has 17 heavy (non-hydrogen) atoms. The van der Waals surface area contributed by atoms with E-state index in [1.807, 2.05) is 45.9 Å². The van der Waals surface area contributed by atoms with Gasteiger partial charge in [0, 0.05) is 0 Å². The van der Waals surface area contributed by atoms with Crippen molar-refractivity contribution >= 4 is 28.9 Å². The molecule has 0 aromatic heterocycles. The predicted octanol–water partition coefficient (Wildman–Crippen LogP) is 2.30. The second-order valence-electron chi connectivity index (χ2n) is 4.91. The molecule has 0 unspecified atom stereocenters. The summed E-state index contributed by atoms with van der Waals surface area (Å²) in [6.45, 7) is 7.71. The molecule has 2 rings (SSSR count). The quantitative estimate of drug-likeness (QED) is 0.774. The summed E-state index contributed by atoms with van der Waals surface area (Å²) in [6, 6.07) is 5.90. The van der Waals surface area contributed by atoms with Crippen molar-refractivity contribution in [3.05, 3.63) is 29.3 Å². The third kappa shape index (κ3) is 1.82. The second-order valence-corrected chi connectivity index (χ2v) is 5.30. The zero-order valence-electron chi connectivity index (χ0n) is 10.5. The van der Waals surface area contributed by atoms with Gasteiger partial charge in [0.1, 0.15) is 5.54 Å². The van der Waals surface area contributed by atoms with E-state index in [1.165, 1.54) is 0 Å². The summed E-state index contributed by atoms with van der Waals surface area (Å²) in [4.78, 5) is 13.9. The molecule has 1 aliphatic heterocycles. The largest absolute Gasteiger partial charge is 0.348 e. The third-order valence-corrected chi connectivity index (χ3v) is 3.46. The van der Waals surface area contributed by atoms with Crippen molar-refractivity contribution in [3.8, 4) is 0 Å². The fraction of sp³-hybridized carbons (Fsp3) is 0.385. The van der Waals surface area contributed by atoms with E-state index < -0.39 is 5.54 Å². The highest BCUT2D eigenvalue weighted by atomic mass is 32.1. The fourth-order valence-corrected chi connectivity index (χ4v) is 2.38. The van der Waals surface area contributed by atoms with Gasteiger partial charge in [-0.05, 0) is 57.1 Å². The summed E-state index contributed by atoms with van der Waals surface area (Å²) in [5.74, 6) is -0.00352. The van der Waals surface area contributed by atoms with E-state index in [2.05, 4.69) is 5.32 Å². The Balaban J connectivity index is 2.51. The maximum absolute atomic E-state index is 12.3. The first kappa shape index (κ1) is 12.0. The Hall–Kier alpha value is -1.42. The van der Waals surface area contributed by atoms with E-state index >= 15 is 0 Å². The van der Waals surface area contributed by atoms with Crippen LogP contribution < -0.4 is 10.2 Å². The molecular weight excluding hydrogens is 232 g/mol. The highest BCUT2D eigenvalue weighted by molar-refractivity contribution is 7.80. The Kier molecular flexibility index (Phi) is 2.70. The lowest BCUT2D eigenvalue weighted by Gasteiger charge is -2.19. The predicted molar refractivity (Wildman–Crippen MR) is 73.2 cm³/mol. The average molecular weight is 248 g/mol. The SMILES string of the molecule is Cc1cccc(N2C(=O)C(C)(C)NC2=S)c1C. The lowest BCUT2D eigenvalue weighted by atomic mass is 10.0. The molecule has 0 spiro atoms. The van der Waals surface area contributed by atoms with Crippen molar-refractivity contribution < 1.29 is 4.79 Å². The molecule has 0 bridgehead atoms. The fourth-order valence-electron chi connectivity index (χ4n) is 1.95. The minimum Gasteiger partial charge on any atom is -0.348 e. The van der Waals surface area contributed by atoms with Crippen LogP contribution in [0.2, 0.25) is 0 Å². The van der Waals surface area contributed by atoms with Gasteiger partial charge in [-0.15, -0.1) is 0 Å². The van der Waals surface area contributed by atoms with E-state index in [-0.39, 0.29) is 5.91 Å². The van der Waals surface area contributed by atoms with Crippen LogP contribution in [0.1, 0.15) is 25.0 Å². The highest BCUT2D eigenvalue weighted by Crippen LogP contribution is 2.28. The number of carbonyl (C=O) groups is 1. The zero-order chi connectivity index (χ0) is 12.8. The minimum absolute atomic E-state index is 0.00352. The number of nitrogens with zero attached hydrogens (tertiary/aromatic N) is 1. The van der Waals surface area contributed by atoms with Crippen LogP contribution >= 0.6 is 12.2 Å². The van der Waals surface area contributed by atoms with Gasteiger partial charge in [0.2, 0.25) is 0 Å². The number of rotatable bonds is 1. The van der Waals surface area contributed by atoms with Crippen LogP contribution in [-0.4, -0.2) is 16.6 Å². The van der Waals surface area contributed by atoms with Crippen molar-refractivity contribution in [2.45, 2.75) is 33.2 Å². The van der Waals surface area contributed by atoms with E-state index in [4.69, 9.17) is 12.2 Å². The van der Waals surface area contributed by atoms with Crippen LogP contribution in [0.4, 0.5) is 5.69 Å². The Morgan fingerprint density at radius 3 is 2.47 bits per heavy atom. The third-order valence-electron chi connectivity index (χ3n) is 3.18. The molecule has 0 radical (unpaired) electrons. The summed E-state index contributed by atoms with van der Waals surface area (Å²) in [6.07, 6.45) is 0. The molecule has 1 saturated heterocycles. The number of aryl methyl sites for hydroxylation is 1. The van der Waals surface area contributed by atoms with Crippen molar-refractivity contribution in [2.75, 3.05) is 4.90 Å². The second kappa shape index (κ2) is 3.81. The number of hydrogen-bond acceptors (Lipinski definition) is 2. The molecule has 1 fully saturated rings. The molecule has 0 atom stereocenters.